The lowest BCUT2D eigenvalue weighted by Gasteiger charge is -2.25. The molecule has 0 aliphatic carbocycles. The molecule has 10 heteroatoms. The van der Waals surface area contributed by atoms with Crippen LogP contribution in [0.5, 0.6) is 11.5 Å². The molecule has 0 atom stereocenters. The van der Waals surface area contributed by atoms with E-state index in [1.54, 1.807) is 24.0 Å². The van der Waals surface area contributed by atoms with Crippen LogP contribution in [0, 0.1) is 17.0 Å². The quantitative estimate of drug-likeness (QED) is 0.442. The van der Waals surface area contributed by atoms with Crippen molar-refractivity contribution in [2.24, 2.45) is 0 Å². The summed E-state index contributed by atoms with van der Waals surface area (Å²) in [5.74, 6) is 1.03. The molecule has 2 heterocycles. The number of benzene rings is 2. The van der Waals surface area contributed by atoms with E-state index in [9.17, 15) is 14.9 Å². The van der Waals surface area contributed by atoms with E-state index in [1.807, 2.05) is 25.1 Å². The van der Waals surface area contributed by atoms with Crippen LogP contribution in [0.25, 0.3) is 5.69 Å². The van der Waals surface area contributed by atoms with E-state index in [1.165, 1.54) is 16.8 Å². The van der Waals surface area contributed by atoms with Crippen molar-refractivity contribution in [3.63, 3.8) is 0 Å². The fourth-order valence-electron chi connectivity index (χ4n) is 3.45. The minimum atomic E-state index is -0.479. The molecular weight excluding hydrogens is 402 g/mol. The molecule has 1 aliphatic heterocycles. The number of nitro benzene ring substituents is 1. The van der Waals surface area contributed by atoms with Gasteiger partial charge in [-0.15, -0.1) is 5.10 Å². The van der Waals surface area contributed by atoms with Crippen LogP contribution in [-0.4, -0.2) is 50.5 Å². The summed E-state index contributed by atoms with van der Waals surface area (Å²) in [6.45, 7) is 5.32. The fraction of sp³-hybridized carbons (Fsp3) is 0.286. The first-order valence-corrected chi connectivity index (χ1v) is 9.83. The highest BCUT2D eigenvalue weighted by molar-refractivity contribution is 5.93. The number of amides is 1. The van der Waals surface area contributed by atoms with Gasteiger partial charge in [-0.05, 0) is 26.0 Å². The van der Waals surface area contributed by atoms with Gasteiger partial charge in [0, 0.05) is 30.8 Å². The van der Waals surface area contributed by atoms with E-state index in [0.29, 0.717) is 49.2 Å². The molecule has 0 spiro atoms. The maximum absolute atomic E-state index is 13.2. The number of para-hydroxylation sites is 1. The Morgan fingerprint density at radius 2 is 2.00 bits per heavy atom. The zero-order valence-electron chi connectivity index (χ0n) is 17.1. The summed E-state index contributed by atoms with van der Waals surface area (Å²) in [6.07, 6.45) is 0. The van der Waals surface area contributed by atoms with E-state index in [2.05, 4.69) is 10.3 Å². The number of rotatable bonds is 6. The molecule has 0 saturated carbocycles. The first kappa shape index (κ1) is 20.3. The monoisotopic (exact) mass is 423 g/mol. The molecule has 160 valence electrons. The smallest absolute Gasteiger partial charge is 0.276 e. The van der Waals surface area contributed by atoms with Crippen LogP contribution in [0.4, 0.5) is 5.69 Å². The number of ether oxygens (including phenoxy) is 2. The molecule has 31 heavy (non-hydrogen) atoms. The van der Waals surface area contributed by atoms with Crippen molar-refractivity contribution < 1.29 is 19.2 Å². The molecule has 3 aromatic rings. The number of hydrogen-bond donors (Lipinski definition) is 0. The van der Waals surface area contributed by atoms with Gasteiger partial charge in [-0.3, -0.25) is 14.9 Å². The third-order valence-electron chi connectivity index (χ3n) is 5.06. The highest BCUT2D eigenvalue weighted by atomic mass is 16.6. The summed E-state index contributed by atoms with van der Waals surface area (Å²) in [5.41, 5.74) is 1.93. The first-order valence-electron chi connectivity index (χ1n) is 9.83. The lowest BCUT2D eigenvalue weighted by molar-refractivity contribution is -0.384. The van der Waals surface area contributed by atoms with E-state index in [4.69, 9.17) is 9.47 Å². The number of aromatic nitrogens is 3. The molecular formula is C21H21N5O5. The number of nitrogens with zero attached hydrogens (tertiary/aromatic N) is 5. The number of nitro groups is 1. The van der Waals surface area contributed by atoms with Gasteiger partial charge in [0.25, 0.3) is 11.6 Å². The van der Waals surface area contributed by atoms with Gasteiger partial charge in [-0.1, -0.05) is 23.4 Å². The molecule has 0 radical (unpaired) electrons. The van der Waals surface area contributed by atoms with Gasteiger partial charge in [0.2, 0.25) is 0 Å². The predicted molar refractivity (Wildman–Crippen MR) is 111 cm³/mol. The van der Waals surface area contributed by atoms with Crippen LogP contribution < -0.4 is 9.47 Å². The maximum atomic E-state index is 13.2. The zero-order valence-corrected chi connectivity index (χ0v) is 17.1. The van der Waals surface area contributed by atoms with Gasteiger partial charge in [0.1, 0.15) is 13.2 Å². The Labute approximate surface area is 178 Å². The fourth-order valence-corrected chi connectivity index (χ4v) is 3.45. The molecule has 0 fully saturated rings. The van der Waals surface area contributed by atoms with Crippen molar-refractivity contribution in [1.29, 1.82) is 0 Å². The topological polar surface area (TPSA) is 113 Å². The molecule has 0 unspecified atom stereocenters. The van der Waals surface area contributed by atoms with Crippen molar-refractivity contribution >= 4 is 11.6 Å². The number of carbonyl (C=O) groups is 1. The van der Waals surface area contributed by atoms with Crippen LogP contribution in [0.1, 0.15) is 28.7 Å². The van der Waals surface area contributed by atoms with Gasteiger partial charge in [0.15, 0.2) is 17.2 Å². The Kier molecular flexibility index (Phi) is 5.52. The second-order valence-corrected chi connectivity index (χ2v) is 6.97. The second kappa shape index (κ2) is 8.42. The number of fused-ring (bicyclic) bond motifs is 1. The van der Waals surface area contributed by atoms with E-state index in [-0.39, 0.29) is 17.3 Å². The molecule has 4 rings (SSSR count). The van der Waals surface area contributed by atoms with Gasteiger partial charge in [-0.2, -0.15) is 0 Å². The largest absolute Gasteiger partial charge is 0.486 e. The van der Waals surface area contributed by atoms with Crippen molar-refractivity contribution in [3.05, 3.63) is 69.5 Å². The standard InChI is InChI=1S/C21H21N5O5/c1-3-24(13-15-6-4-9-18-20(15)31-11-10-30-18)21(27)19-14(2)25(23-22-19)16-7-5-8-17(12-16)26(28)29/h4-9,12H,3,10-11,13H2,1-2H3. The molecule has 1 aliphatic rings. The zero-order chi connectivity index (χ0) is 22.0. The molecule has 10 nitrogen and oxygen atoms in total. The van der Waals surface area contributed by atoms with E-state index in [0.717, 1.165) is 5.56 Å². The lowest BCUT2D eigenvalue weighted by Crippen LogP contribution is -2.31. The predicted octanol–water partition coefficient (Wildman–Crippen LogP) is 2.92. The minimum absolute atomic E-state index is 0.0634. The Bertz CT molecular complexity index is 1140. The Balaban J connectivity index is 1.61. The van der Waals surface area contributed by atoms with Gasteiger partial charge < -0.3 is 14.4 Å². The second-order valence-electron chi connectivity index (χ2n) is 6.97. The van der Waals surface area contributed by atoms with Crippen molar-refractivity contribution in [1.82, 2.24) is 19.9 Å². The Hall–Kier alpha value is -3.95. The highest BCUT2D eigenvalue weighted by Gasteiger charge is 2.25. The normalized spacial score (nSPS) is 12.5. The molecule has 1 amide bonds. The van der Waals surface area contributed by atoms with Crippen molar-refractivity contribution in [2.45, 2.75) is 20.4 Å². The highest BCUT2D eigenvalue weighted by Crippen LogP contribution is 2.34. The third kappa shape index (κ3) is 3.91. The van der Waals surface area contributed by atoms with Gasteiger partial charge in [-0.25, -0.2) is 4.68 Å². The lowest BCUT2D eigenvalue weighted by atomic mass is 10.1. The average molecular weight is 423 g/mol. The van der Waals surface area contributed by atoms with Gasteiger partial charge in [0.05, 0.1) is 16.3 Å². The van der Waals surface area contributed by atoms with Crippen molar-refractivity contribution in [3.8, 4) is 17.2 Å². The van der Waals surface area contributed by atoms with Crippen LogP contribution in [0.15, 0.2) is 42.5 Å². The maximum Gasteiger partial charge on any atom is 0.276 e. The number of hydrogen-bond acceptors (Lipinski definition) is 7. The molecule has 0 saturated heterocycles. The van der Waals surface area contributed by atoms with E-state index < -0.39 is 4.92 Å². The van der Waals surface area contributed by atoms with E-state index >= 15 is 0 Å². The third-order valence-corrected chi connectivity index (χ3v) is 5.06. The summed E-state index contributed by atoms with van der Waals surface area (Å²) in [7, 11) is 0. The summed E-state index contributed by atoms with van der Waals surface area (Å²) in [4.78, 5) is 25.4. The summed E-state index contributed by atoms with van der Waals surface area (Å²) in [5, 5.41) is 19.2. The minimum Gasteiger partial charge on any atom is -0.486 e. The van der Waals surface area contributed by atoms with Crippen LogP contribution in [0.3, 0.4) is 0 Å². The summed E-state index contributed by atoms with van der Waals surface area (Å²) < 4.78 is 12.8. The Morgan fingerprint density at radius 1 is 1.23 bits per heavy atom. The SMILES string of the molecule is CCN(Cc1cccc2c1OCCO2)C(=O)c1nnn(-c2cccc([N+](=O)[O-])c2)c1C. The van der Waals surface area contributed by atoms with Crippen LogP contribution >= 0.6 is 0 Å². The summed E-state index contributed by atoms with van der Waals surface area (Å²) in [6, 6.07) is 11.6. The van der Waals surface area contributed by atoms with Gasteiger partial charge >= 0.3 is 0 Å². The molecule has 0 bridgehead atoms. The number of carbonyl (C=O) groups excluding carboxylic acids is 1. The van der Waals surface area contributed by atoms with Crippen LogP contribution in [0.2, 0.25) is 0 Å². The average Bonchev–Trinajstić information content (AvgIpc) is 3.18. The van der Waals surface area contributed by atoms with Crippen LogP contribution in [-0.2, 0) is 6.54 Å². The summed E-state index contributed by atoms with van der Waals surface area (Å²) >= 11 is 0. The first-order chi connectivity index (χ1) is 15.0. The molecule has 1 aromatic heterocycles. The van der Waals surface area contributed by atoms with Crippen molar-refractivity contribution in [2.75, 3.05) is 19.8 Å². The molecule has 0 N–H and O–H groups in total. The number of non-ortho nitro benzene ring substituents is 1. The Morgan fingerprint density at radius 3 is 2.77 bits per heavy atom. The molecule has 2 aromatic carbocycles.